The molecule has 1 aromatic rings. The summed E-state index contributed by atoms with van der Waals surface area (Å²) in [4.78, 5) is 14.0. The van der Waals surface area contributed by atoms with E-state index in [2.05, 4.69) is 14.1 Å². The number of fused-ring (bicyclic) bond motifs is 1. The smallest absolute Gasteiger partial charge is 0.275 e. The summed E-state index contributed by atoms with van der Waals surface area (Å²) in [5, 5.41) is 3.33. The van der Waals surface area contributed by atoms with Crippen molar-refractivity contribution in [3.8, 4) is 0 Å². The van der Waals surface area contributed by atoms with Gasteiger partial charge in [0.05, 0.1) is 17.9 Å². The molecule has 2 fully saturated rings. The normalized spacial score (nSPS) is 29.5. The van der Waals surface area contributed by atoms with Crippen LogP contribution in [0.1, 0.15) is 16.9 Å². The van der Waals surface area contributed by atoms with E-state index in [0.29, 0.717) is 17.7 Å². The molecule has 0 spiro atoms. The van der Waals surface area contributed by atoms with Crippen LogP contribution in [-0.4, -0.2) is 45.2 Å². The Labute approximate surface area is 91.8 Å². The van der Waals surface area contributed by atoms with E-state index in [1.54, 1.807) is 6.20 Å². The van der Waals surface area contributed by atoms with Crippen LogP contribution in [0, 0.1) is 5.92 Å². The number of rotatable bonds is 1. The third-order valence-electron chi connectivity index (χ3n) is 3.29. The molecule has 0 bridgehead atoms. The molecule has 3 heterocycles. The van der Waals surface area contributed by atoms with Crippen molar-refractivity contribution >= 4 is 17.6 Å². The average Bonchev–Trinajstić information content (AvgIpc) is 2.94. The fourth-order valence-electron chi connectivity index (χ4n) is 2.51. The van der Waals surface area contributed by atoms with E-state index in [-0.39, 0.29) is 5.91 Å². The number of hydrogen-bond acceptors (Lipinski definition) is 5. The van der Waals surface area contributed by atoms with Gasteiger partial charge in [-0.3, -0.25) is 4.79 Å². The largest absolute Gasteiger partial charge is 0.333 e. The minimum Gasteiger partial charge on any atom is -0.333 e. The van der Waals surface area contributed by atoms with Gasteiger partial charge in [-0.15, -0.1) is 0 Å². The number of nitrogens with zero attached hydrogens (tertiary/aromatic N) is 3. The minimum atomic E-state index is 0.0416. The van der Waals surface area contributed by atoms with Gasteiger partial charge in [0.1, 0.15) is 0 Å². The third-order valence-corrected chi connectivity index (χ3v) is 3.76. The molecule has 15 heavy (non-hydrogen) atoms. The Morgan fingerprint density at radius 3 is 3.33 bits per heavy atom. The van der Waals surface area contributed by atoms with E-state index in [9.17, 15) is 4.79 Å². The van der Waals surface area contributed by atoms with Crippen molar-refractivity contribution in [1.82, 2.24) is 19.0 Å². The van der Waals surface area contributed by atoms with Crippen LogP contribution in [-0.2, 0) is 0 Å². The van der Waals surface area contributed by atoms with E-state index in [0.717, 1.165) is 37.8 Å². The van der Waals surface area contributed by atoms with Crippen molar-refractivity contribution in [2.45, 2.75) is 12.5 Å². The molecule has 2 aliphatic rings. The number of carbonyl (C=O) groups is 1. The SMILES string of the molecule is O=C(c1cnsn1)N1CC[C@H]2CNC[C@H]21. The van der Waals surface area contributed by atoms with Gasteiger partial charge in [0, 0.05) is 25.7 Å². The lowest BCUT2D eigenvalue weighted by molar-refractivity contribution is 0.0732. The Hall–Kier alpha value is -1.01. The first kappa shape index (κ1) is 9.23. The van der Waals surface area contributed by atoms with Gasteiger partial charge in [0.15, 0.2) is 5.69 Å². The lowest BCUT2D eigenvalue weighted by Crippen LogP contribution is -2.39. The van der Waals surface area contributed by atoms with Crippen LogP contribution in [0.2, 0.25) is 0 Å². The Bertz CT molecular complexity index is 366. The van der Waals surface area contributed by atoms with Crippen LogP contribution >= 0.6 is 11.7 Å². The van der Waals surface area contributed by atoms with Gasteiger partial charge in [-0.25, -0.2) is 0 Å². The Morgan fingerprint density at radius 1 is 1.60 bits per heavy atom. The van der Waals surface area contributed by atoms with Crippen LogP contribution in [0.5, 0.6) is 0 Å². The first-order valence-electron chi connectivity index (χ1n) is 5.15. The van der Waals surface area contributed by atoms with Crippen molar-refractivity contribution in [2.75, 3.05) is 19.6 Å². The Kier molecular flexibility index (Phi) is 2.17. The summed E-state index contributed by atoms with van der Waals surface area (Å²) >= 11 is 1.09. The van der Waals surface area contributed by atoms with Crippen LogP contribution in [0.3, 0.4) is 0 Å². The van der Waals surface area contributed by atoms with Crippen molar-refractivity contribution in [2.24, 2.45) is 5.92 Å². The number of aromatic nitrogens is 2. The lowest BCUT2D eigenvalue weighted by atomic mass is 10.1. The monoisotopic (exact) mass is 224 g/mol. The van der Waals surface area contributed by atoms with E-state index < -0.39 is 0 Å². The van der Waals surface area contributed by atoms with Crippen molar-refractivity contribution in [1.29, 1.82) is 0 Å². The van der Waals surface area contributed by atoms with Gasteiger partial charge in [-0.1, -0.05) is 0 Å². The second-order valence-electron chi connectivity index (χ2n) is 4.07. The van der Waals surface area contributed by atoms with Crippen molar-refractivity contribution in [3.63, 3.8) is 0 Å². The molecule has 2 aliphatic heterocycles. The maximum atomic E-state index is 12.1. The first-order valence-corrected chi connectivity index (χ1v) is 5.88. The van der Waals surface area contributed by atoms with E-state index in [1.165, 1.54) is 0 Å². The van der Waals surface area contributed by atoms with Gasteiger partial charge in [-0.2, -0.15) is 8.75 Å². The molecule has 0 aliphatic carbocycles. The molecule has 2 atom stereocenters. The zero-order chi connectivity index (χ0) is 10.3. The van der Waals surface area contributed by atoms with E-state index in [4.69, 9.17) is 0 Å². The summed E-state index contributed by atoms with van der Waals surface area (Å²) in [7, 11) is 0. The second kappa shape index (κ2) is 3.53. The standard InChI is InChI=1S/C9H12N4OS/c14-9(7-4-11-15-12-7)13-2-1-6-3-10-5-8(6)13/h4,6,8,10H,1-3,5H2/t6-,8+/m0/s1. The second-order valence-corrected chi connectivity index (χ2v) is 4.62. The van der Waals surface area contributed by atoms with Gasteiger partial charge in [0.2, 0.25) is 0 Å². The Morgan fingerprint density at radius 2 is 2.53 bits per heavy atom. The predicted octanol–water partition coefficient (Wildman–Crippen LogP) is -0.0280. The summed E-state index contributed by atoms with van der Waals surface area (Å²) < 4.78 is 7.86. The molecule has 80 valence electrons. The fraction of sp³-hybridized carbons (Fsp3) is 0.667. The Balaban J connectivity index is 1.80. The van der Waals surface area contributed by atoms with Gasteiger partial charge >= 0.3 is 0 Å². The summed E-state index contributed by atoms with van der Waals surface area (Å²) in [6.07, 6.45) is 2.67. The number of carbonyl (C=O) groups excluding carboxylic acids is 1. The van der Waals surface area contributed by atoms with Crippen LogP contribution in [0.4, 0.5) is 0 Å². The zero-order valence-corrected chi connectivity index (χ0v) is 9.04. The maximum Gasteiger partial charge on any atom is 0.275 e. The molecule has 1 amide bonds. The van der Waals surface area contributed by atoms with Crippen LogP contribution in [0.25, 0.3) is 0 Å². The minimum absolute atomic E-state index is 0.0416. The molecule has 3 rings (SSSR count). The predicted molar refractivity (Wildman–Crippen MR) is 55.7 cm³/mol. The quantitative estimate of drug-likeness (QED) is 0.728. The molecule has 0 unspecified atom stereocenters. The molecular formula is C9H12N4OS. The van der Waals surface area contributed by atoms with Crippen molar-refractivity contribution in [3.05, 3.63) is 11.9 Å². The molecule has 1 N–H and O–H groups in total. The topological polar surface area (TPSA) is 58.1 Å². The molecule has 0 aromatic carbocycles. The summed E-state index contributed by atoms with van der Waals surface area (Å²) in [5.41, 5.74) is 0.493. The number of hydrogen-bond donors (Lipinski definition) is 1. The van der Waals surface area contributed by atoms with E-state index >= 15 is 0 Å². The van der Waals surface area contributed by atoms with Gasteiger partial charge in [-0.05, 0) is 12.3 Å². The van der Waals surface area contributed by atoms with Crippen LogP contribution < -0.4 is 5.32 Å². The molecule has 5 nitrogen and oxygen atoms in total. The highest BCUT2D eigenvalue weighted by atomic mass is 32.1. The van der Waals surface area contributed by atoms with Crippen molar-refractivity contribution < 1.29 is 4.79 Å². The highest BCUT2D eigenvalue weighted by molar-refractivity contribution is 6.99. The van der Waals surface area contributed by atoms with Gasteiger partial charge < -0.3 is 10.2 Å². The van der Waals surface area contributed by atoms with Gasteiger partial charge in [0.25, 0.3) is 5.91 Å². The molecule has 0 radical (unpaired) electrons. The average molecular weight is 224 g/mol. The fourth-order valence-corrected chi connectivity index (χ4v) is 2.91. The number of likely N-dealkylation sites (tertiary alicyclic amines) is 1. The highest BCUT2D eigenvalue weighted by Crippen LogP contribution is 2.28. The molecular weight excluding hydrogens is 212 g/mol. The molecule has 1 aromatic heterocycles. The lowest BCUT2D eigenvalue weighted by Gasteiger charge is -2.22. The van der Waals surface area contributed by atoms with Crippen LogP contribution in [0.15, 0.2) is 6.20 Å². The zero-order valence-electron chi connectivity index (χ0n) is 8.22. The number of amides is 1. The first-order chi connectivity index (χ1) is 7.36. The summed E-state index contributed by atoms with van der Waals surface area (Å²) in [6.45, 7) is 2.84. The maximum absolute atomic E-state index is 12.1. The highest BCUT2D eigenvalue weighted by Gasteiger charge is 2.40. The third kappa shape index (κ3) is 1.44. The molecule has 2 saturated heterocycles. The molecule has 0 saturated carbocycles. The number of nitrogens with one attached hydrogen (secondary N) is 1. The van der Waals surface area contributed by atoms with E-state index in [1.807, 2.05) is 4.90 Å². The summed E-state index contributed by atoms with van der Waals surface area (Å²) in [6, 6.07) is 0.374. The molecule has 6 heteroatoms. The summed E-state index contributed by atoms with van der Waals surface area (Å²) in [5.74, 6) is 0.681.